The molecule has 0 radical (unpaired) electrons. The third-order valence-electron chi connectivity index (χ3n) is 2.18. The van der Waals surface area contributed by atoms with Gasteiger partial charge in [0.05, 0.1) is 0 Å². The highest BCUT2D eigenvalue weighted by Crippen LogP contribution is 2.32. The SMILES string of the molecule is Cc1c(CN)sc2cc(Cl)ccc12. The maximum absolute atomic E-state index is 5.90. The Kier molecular flexibility index (Phi) is 2.28. The van der Waals surface area contributed by atoms with E-state index < -0.39 is 0 Å². The number of hydrogen-bond acceptors (Lipinski definition) is 2. The molecule has 1 aromatic heterocycles. The summed E-state index contributed by atoms with van der Waals surface area (Å²) in [5.74, 6) is 0. The standard InChI is InChI=1S/C10H10ClNS/c1-6-8-3-2-7(11)4-9(8)13-10(6)5-12/h2-4H,5,12H2,1H3. The van der Waals surface area contributed by atoms with E-state index in [9.17, 15) is 0 Å². The van der Waals surface area contributed by atoms with Crippen LogP contribution in [0.2, 0.25) is 5.02 Å². The highest BCUT2D eigenvalue weighted by atomic mass is 35.5. The summed E-state index contributed by atoms with van der Waals surface area (Å²) in [6.07, 6.45) is 0. The minimum absolute atomic E-state index is 0.614. The van der Waals surface area contributed by atoms with Crippen molar-refractivity contribution >= 4 is 33.0 Å². The fraction of sp³-hybridized carbons (Fsp3) is 0.200. The van der Waals surface area contributed by atoms with Crippen molar-refractivity contribution in [3.05, 3.63) is 33.7 Å². The van der Waals surface area contributed by atoms with Crippen LogP contribution in [0.15, 0.2) is 18.2 Å². The van der Waals surface area contributed by atoms with Crippen molar-refractivity contribution in [1.29, 1.82) is 0 Å². The van der Waals surface area contributed by atoms with Crippen LogP contribution in [0, 0.1) is 6.92 Å². The Hall–Kier alpha value is -0.570. The molecule has 0 saturated heterocycles. The maximum Gasteiger partial charge on any atom is 0.0420 e. The number of rotatable bonds is 1. The van der Waals surface area contributed by atoms with Crippen LogP contribution >= 0.6 is 22.9 Å². The second-order valence-corrected chi connectivity index (χ2v) is 4.57. The molecule has 0 unspecified atom stereocenters. The van der Waals surface area contributed by atoms with Gasteiger partial charge in [-0.25, -0.2) is 0 Å². The lowest BCUT2D eigenvalue weighted by Gasteiger charge is -1.92. The van der Waals surface area contributed by atoms with Crippen LogP contribution < -0.4 is 5.73 Å². The van der Waals surface area contributed by atoms with Crippen molar-refractivity contribution in [3.8, 4) is 0 Å². The Morgan fingerprint density at radius 1 is 1.46 bits per heavy atom. The van der Waals surface area contributed by atoms with Gasteiger partial charge in [0, 0.05) is 21.1 Å². The molecule has 13 heavy (non-hydrogen) atoms. The summed E-state index contributed by atoms with van der Waals surface area (Å²) in [6.45, 7) is 2.72. The van der Waals surface area contributed by atoms with Crippen LogP contribution in [0.5, 0.6) is 0 Å². The fourth-order valence-electron chi connectivity index (χ4n) is 1.44. The summed E-state index contributed by atoms with van der Waals surface area (Å²) in [6, 6.07) is 5.97. The molecule has 0 spiro atoms. The van der Waals surface area contributed by atoms with Crippen molar-refractivity contribution < 1.29 is 0 Å². The molecule has 0 aliphatic heterocycles. The predicted molar refractivity (Wildman–Crippen MR) is 59.5 cm³/mol. The molecule has 0 fully saturated rings. The minimum atomic E-state index is 0.614. The summed E-state index contributed by atoms with van der Waals surface area (Å²) < 4.78 is 1.23. The fourth-order valence-corrected chi connectivity index (χ4v) is 2.81. The average Bonchev–Trinajstić information content (AvgIpc) is 2.42. The van der Waals surface area contributed by atoms with E-state index in [-0.39, 0.29) is 0 Å². The molecule has 0 bridgehead atoms. The van der Waals surface area contributed by atoms with E-state index in [0.717, 1.165) is 5.02 Å². The van der Waals surface area contributed by atoms with E-state index in [1.807, 2.05) is 12.1 Å². The first kappa shape index (κ1) is 9.00. The topological polar surface area (TPSA) is 26.0 Å². The third kappa shape index (κ3) is 1.46. The largest absolute Gasteiger partial charge is 0.326 e. The summed E-state index contributed by atoms with van der Waals surface area (Å²) in [5.41, 5.74) is 6.92. The number of nitrogens with two attached hydrogens (primary N) is 1. The Balaban J connectivity index is 2.76. The normalized spacial score (nSPS) is 11.0. The molecule has 0 atom stereocenters. The lowest BCUT2D eigenvalue weighted by molar-refractivity contribution is 1.09. The lowest BCUT2D eigenvalue weighted by atomic mass is 10.1. The molecule has 0 amide bonds. The number of hydrogen-bond donors (Lipinski definition) is 1. The zero-order chi connectivity index (χ0) is 9.42. The second-order valence-electron chi connectivity index (χ2n) is 2.99. The smallest absolute Gasteiger partial charge is 0.0420 e. The second kappa shape index (κ2) is 3.29. The van der Waals surface area contributed by atoms with Gasteiger partial charge < -0.3 is 5.73 Å². The van der Waals surface area contributed by atoms with Crippen molar-refractivity contribution in [3.63, 3.8) is 0 Å². The molecule has 68 valence electrons. The molecule has 1 nitrogen and oxygen atoms in total. The van der Waals surface area contributed by atoms with Crippen LogP contribution in [-0.2, 0) is 6.54 Å². The van der Waals surface area contributed by atoms with Crippen molar-refractivity contribution in [2.45, 2.75) is 13.5 Å². The van der Waals surface area contributed by atoms with Crippen LogP contribution in [-0.4, -0.2) is 0 Å². The van der Waals surface area contributed by atoms with Gasteiger partial charge >= 0.3 is 0 Å². The Morgan fingerprint density at radius 3 is 2.92 bits per heavy atom. The van der Waals surface area contributed by atoms with Crippen molar-refractivity contribution in [2.24, 2.45) is 5.73 Å². The van der Waals surface area contributed by atoms with Crippen molar-refractivity contribution in [1.82, 2.24) is 0 Å². The third-order valence-corrected chi connectivity index (χ3v) is 3.70. The Bertz CT molecular complexity index is 447. The monoisotopic (exact) mass is 211 g/mol. The molecule has 1 heterocycles. The van der Waals surface area contributed by atoms with Gasteiger partial charge in [-0.15, -0.1) is 11.3 Å². The zero-order valence-corrected chi connectivity index (χ0v) is 8.88. The maximum atomic E-state index is 5.90. The van der Waals surface area contributed by atoms with E-state index >= 15 is 0 Å². The molecule has 1 aromatic carbocycles. The molecule has 3 heteroatoms. The Labute approximate surface area is 86.1 Å². The first-order valence-corrected chi connectivity index (χ1v) is 5.29. The zero-order valence-electron chi connectivity index (χ0n) is 7.30. The van der Waals surface area contributed by atoms with E-state index in [1.165, 1.54) is 20.5 Å². The van der Waals surface area contributed by atoms with Gasteiger partial charge in [-0.05, 0) is 30.0 Å². The quantitative estimate of drug-likeness (QED) is 0.770. The van der Waals surface area contributed by atoms with Crippen LogP contribution in [0.3, 0.4) is 0 Å². The molecule has 2 aromatic rings. The molecular weight excluding hydrogens is 202 g/mol. The summed E-state index contributed by atoms with van der Waals surface area (Å²) in [5, 5.41) is 2.06. The minimum Gasteiger partial charge on any atom is -0.326 e. The Morgan fingerprint density at radius 2 is 2.23 bits per heavy atom. The summed E-state index contributed by atoms with van der Waals surface area (Å²) >= 11 is 7.63. The van der Waals surface area contributed by atoms with Gasteiger partial charge in [0.1, 0.15) is 0 Å². The van der Waals surface area contributed by atoms with E-state index in [2.05, 4.69) is 13.0 Å². The number of benzene rings is 1. The van der Waals surface area contributed by atoms with Gasteiger partial charge in [-0.2, -0.15) is 0 Å². The highest BCUT2D eigenvalue weighted by molar-refractivity contribution is 7.19. The molecule has 2 N–H and O–H groups in total. The molecule has 2 rings (SSSR count). The van der Waals surface area contributed by atoms with Crippen LogP contribution in [0.4, 0.5) is 0 Å². The first-order chi connectivity index (χ1) is 6.22. The van der Waals surface area contributed by atoms with Gasteiger partial charge in [0.15, 0.2) is 0 Å². The van der Waals surface area contributed by atoms with E-state index in [0.29, 0.717) is 6.54 Å². The predicted octanol–water partition coefficient (Wildman–Crippen LogP) is 3.32. The molecule has 0 aliphatic rings. The van der Waals surface area contributed by atoms with E-state index in [4.69, 9.17) is 17.3 Å². The number of halogens is 1. The lowest BCUT2D eigenvalue weighted by Crippen LogP contribution is -1.93. The molecule has 0 aliphatic carbocycles. The number of aryl methyl sites for hydroxylation is 1. The molecular formula is C10H10ClNS. The average molecular weight is 212 g/mol. The molecule has 0 saturated carbocycles. The van der Waals surface area contributed by atoms with Crippen LogP contribution in [0.1, 0.15) is 10.4 Å². The van der Waals surface area contributed by atoms with Gasteiger partial charge in [-0.3, -0.25) is 0 Å². The van der Waals surface area contributed by atoms with E-state index in [1.54, 1.807) is 11.3 Å². The van der Waals surface area contributed by atoms with Crippen molar-refractivity contribution in [2.75, 3.05) is 0 Å². The van der Waals surface area contributed by atoms with Crippen LogP contribution in [0.25, 0.3) is 10.1 Å². The highest BCUT2D eigenvalue weighted by Gasteiger charge is 2.06. The van der Waals surface area contributed by atoms with Gasteiger partial charge in [-0.1, -0.05) is 17.7 Å². The van der Waals surface area contributed by atoms with Gasteiger partial charge in [0.2, 0.25) is 0 Å². The summed E-state index contributed by atoms with van der Waals surface area (Å²) in [4.78, 5) is 1.25. The van der Waals surface area contributed by atoms with Gasteiger partial charge in [0.25, 0.3) is 0 Å². The summed E-state index contributed by atoms with van der Waals surface area (Å²) in [7, 11) is 0. The first-order valence-electron chi connectivity index (χ1n) is 4.10. The number of fused-ring (bicyclic) bond motifs is 1. The number of thiophene rings is 1.